The maximum absolute atomic E-state index is 14.1. The van der Waals surface area contributed by atoms with E-state index in [0.29, 0.717) is 15.9 Å². The molecule has 0 unspecified atom stereocenters. The molecule has 0 aliphatic carbocycles. The minimum atomic E-state index is -4.46. The molecule has 12 heteroatoms. The highest BCUT2D eigenvalue weighted by Crippen LogP contribution is 2.36. The summed E-state index contributed by atoms with van der Waals surface area (Å²) < 4.78 is 54.3. The summed E-state index contributed by atoms with van der Waals surface area (Å²) in [6.07, 6.45) is 2.50. The van der Waals surface area contributed by atoms with E-state index in [2.05, 4.69) is 9.71 Å². The SMILES string of the molecule is Cc1ccccc1Cn1c(C(=O)NS(=O)(=O)c2cccc(CS(C)(=O)=O)c2)c(-c2ccc[nH]c2=O)c2cc(Cl)ccc21. The van der Waals surface area contributed by atoms with Crippen LogP contribution in [0, 0.1) is 6.92 Å². The molecule has 0 radical (unpaired) electrons. The molecular weight excluding hydrogens is 598 g/mol. The third-order valence-electron chi connectivity index (χ3n) is 6.78. The minimum Gasteiger partial charge on any atom is -0.331 e. The van der Waals surface area contributed by atoms with Crippen LogP contribution in [0.2, 0.25) is 5.02 Å². The van der Waals surface area contributed by atoms with Gasteiger partial charge in [0.05, 0.1) is 10.6 Å². The number of fused-ring (bicyclic) bond motifs is 1. The summed E-state index contributed by atoms with van der Waals surface area (Å²) in [5, 5.41) is 0.858. The van der Waals surface area contributed by atoms with Crippen molar-refractivity contribution in [2.24, 2.45) is 0 Å². The predicted molar refractivity (Wildman–Crippen MR) is 163 cm³/mol. The fourth-order valence-corrected chi connectivity index (χ4v) is 6.89. The number of sulfonamides is 1. The number of halogens is 1. The number of hydrogen-bond donors (Lipinski definition) is 2. The third-order valence-corrected chi connectivity index (χ3v) is 9.20. The Bertz CT molecular complexity index is 2130. The van der Waals surface area contributed by atoms with E-state index >= 15 is 0 Å². The zero-order valence-corrected chi connectivity index (χ0v) is 25.0. The highest BCUT2D eigenvalue weighted by molar-refractivity contribution is 7.90. The van der Waals surface area contributed by atoms with Gasteiger partial charge in [0.15, 0.2) is 9.84 Å². The third kappa shape index (κ3) is 6.03. The second-order valence-electron chi connectivity index (χ2n) is 9.96. The number of carbonyl (C=O) groups excluding carboxylic acids is 1. The molecule has 0 aliphatic rings. The normalized spacial score (nSPS) is 12.0. The van der Waals surface area contributed by atoms with E-state index in [1.807, 2.05) is 31.2 Å². The molecule has 0 aliphatic heterocycles. The highest BCUT2D eigenvalue weighted by Gasteiger charge is 2.29. The van der Waals surface area contributed by atoms with Gasteiger partial charge in [0, 0.05) is 46.0 Å². The molecule has 216 valence electrons. The van der Waals surface area contributed by atoms with Crippen LogP contribution < -0.4 is 10.3 Å². The van der Waals surface area contributed by atoms with Crippen LogP contribution in [0.5, 0.6) is 0 Å². The van der Waals surface area contributed by atoms with Gasteiger partial charge in [0.2, 0.25) is 0 Å². The van der Waals surface area contributed by atoms with E-state index in [-0.39, 0.29) is 39.6 Å². The molecule has 5 rings (SSSR count). The molecule has 0 bridgehead atoms. The number of nitrogens with zero attached hydrogens (tertiary/aromatic N) is 1. The van der Waals surface area contributed by atoms with Crippen molar-refractivity contribution in [3.05, 3.63) is 123 Å². The summed E-state index contributed by atoms with van der Waals surface area (Å²) >= 11 is 6.36. The van der Waals surface area contributed by atoms with E-state index in [4.69, 9.17) is 11.6 Å². The van der Waals surface area contributed by atoms with Gasteiger partial charge in [-0.25, -0.2) is 21.6 Å². The summed E-state index contributed by atoms with van der Waals surface area (Å²) in [6.45, 7) is 2.12. The number of aromatic nitrogens is 2. The van der Waals surface area contributed by atoms with Gasteiger partial charge >= 0.3 is 0 Å². The van der Waals surface area contributed by atoms with E-state index in [0.717, 1.165) is 17.4 Å². The molecule has 2 heterocycles. The van der Waals surface area contributed by atoms with Crippen molar-refractivity contribution in [2.45, 2.75) is 24.1 Å². The van der Waals surface area contributed by atoms with E-state index in [9.17, 15) is 26.4 Å². The van der Waals surface area contributed by atoms with Crippen molar-refractivity contribution in [1.82, 2.24) is 14.3 Å². The lowest BCUT2D eigenvalue weighted by Gasteiger charge is -2.15. The van der Waals surface area contributed by atoms with Crippen LogP contribution in [-0.4, -0.2) is 38.5 Å². The Morgan fingerprint density at radius 3 is 2.43 bits per heavy atom. The van der Waals surface area contributed by atoms with E-state index in [1.165, 1.54) is 30.5 Å². The Labute approximate surface area is 247 Å². The number of amides is 1. The molecule has 0 spiro atoms. The van der Waals surface area contributed by atoms with Gasteiger partial charge in [-0.05, 0) is 66.1 Å². The smallest absolute Gasteiger partial charge is 0.282 e. The van der Waals surface area contributed by atoms with Crippen molar-refractivity contribution in [1.29, 1.82) is 0 Å². The van der Waals surface area contributed by atoms with Gasteiger partial charge in [0.1, 0.15) is 5.69 Å². The van der Waals surface area contributed by atoms with Gasteiger partial charge < -0.3 is 9.55 Å². The van der Waals surface area contributed by atoms with E-state index in [1.54, 1.807) is 34.9 Å². The molecule has 5 aromatic rings. The highest BCUT2D eigenvalue weighted by atomic mass is 35.5. The average molecular weight is 624 g/mol. The number of sulfone groups is 1. The Balaban J connectivity index is 1.71. The summed E-state index contributed by atoms with van der Waals surface area (Å²) in [4.78, 5) is 29.4. The van der Waals surface area contributed by atoms with Gasteiger partial charge in [-0.1, -0.05) is 48.0 Å². The molecule has 42 heavy (non-hydrogen) atoms. The summed E-state index contributed by atoms with van der Waals surface area (Å²) in [5.74, 6) is -1.33. The van der Waals surface area contributed by atoms with Gasteiger partial charge in [0.25, 0.3) is 21.5 Å². The molecule has 0 saturated carbocycles. The fourth-order valence-electron chi connectivity index (χ4n) is 4.91. The van der Waals surface area contributed by atoms with Gasteiger partial charge in [-0.15, -0.1) is 0 Å². The molecule has 9 nitrogen and oxygen atoms in total. The predicted octanol–water partition coefficient (Wildman–Crippen LogP) is 4.67. The van der Waals surface area contributed by atoms with Crippen LogP contribution in [0.3, 0.4) is 0 Å². The standard InChI is InChI=1S/C30H26ClN3O6S2/c1-19-7-3-4-9-21(19)17-34-26-13-12-22(31)16-25(26)27(24-11-6-14-32-29(24)35)28(34)30(36)33-42(39,40)23-10-5-8-20(15-23)18-41(2,37)38/h3-16H,17-18H2,1-2H3,(H,32,35)(H,33,36). The lowest BCUT2D eigenvalue weighted by molar-refractivity contribution is 0.0974. The molecule has 1 amide bonds. The summed E-state index contributed by atoms with van der Waals surface area (Å²) in [6, 6.07) is 21.1. The van der Waals surface area contributed by atoms with Gasteiger partial charge in [-0.2, -0.15) is 0 Å². The maximum atomic E-state index is 14.1. The molecule has 0 atom stereocenters. The molecule has 2 aromatic heterocycles. The van der Waals surface area contributed by atoms with Crippen LogP contribution in [0.1, 0.15) is 27.2 Å². The van der Waals surface area contributed by atoms with E-state index < -0.39 is 31.3 Å². The Kier molecular flexibility index (Phi) is 7.84. The summed E-state index contributed by atoms with van der Waals surface area (Å²) in [5.41, 5.74) is 2.51. The van der Waals surface area contributed by atoms with Crippen LogP contribution in [0.4, 0.5) is 0 Å². The Morgan fingerprint density at radius 1 is 0.952 bits per heavy atom. The number of carbonyl (C=O) groups is 1. The lowest BCUT2D eigenvalue weighted by atomic mass is 10.0. The van der Waals surface area contributed by atoms with Crippen molar-refractivity contribution in [3.63, 3.8) is 0 Å². The molecule has 3 aromatic carbocycles. The number of rotatable bonds is 8. The average Bonchev–Trinajstić information content (AvgIpc) is 3.22. The zero-order valence-electron chi connectivity index (χ0n) is 22.6. The van der Waals surface area contributed by atoms with Crippen LogP contribution in [0.15, 0.2) is 94.7 Å². The quantitative estimate of drug-likeness (QED) is 0.258. The molecular formula is C30H26ClN3O6S2. The fraction of sp³-hybridized carbons (Fsp3) is 0.133. The second-order valence-corrected chi connectivity index (χ2v) is 14.2. The number of hydrogen-bond acceptors (Lipinski definition) is 6. The number of pyridine rings is 1. The Morgan fingerprint density at radius 2 is 1.71 bits per heavy atom. The number of nitrogens with one attached hydrogen (secondary N) is 2. The Hall–Kier alpha value is -4.19. The topological polar surface area (TPSA) is 135 Å². The molecule has 0 saturated heterocycles. The van der Waals surface area contributed by atoms with Crippen molar-refractivity contribution in [3.8, 4) is 11.1 Å². The summed E-state index contributed by atoms with van der Waals surface area (Å²) in [7, 11) is -7.89. The maximum Gasteiger partial charge on any atom is 0.282 e. The first-order chi connectivity index (χ1) is 19.8. The minimum absolute atomic E-state index is 0.0527. The van der Waals surface area contributed by atoms with Crippen LogP contribution >= 0.6 is 11.6 Å². The van der Waals surface area contributed by atoms with Crippen LogP contribution in [-0.2, 0) is 32.2 Å². The largest absolute Gasteiger partial charge is 0.331 e. The monoisotopic (exact) mass is 623 g/mol. The van der Waals surface area contributed by atoms with Crippen molar-refractivity contribution < 1.29 is 21.6 Å². The first kappa shape index (κ1) is 29.3. The first-order valence-corrected chi connectivity index (χ1v) is 16.6. The first-order valence-electron chi connectivity index (χ1n) is 12.7. The number of aryl methyl sites for hydroxylation is 1. The number of H-pyrrole nitrogens is 1. The number of aromatic amines is 1. The molecule has 0 fully saturated rings. The van der Waals surface area contributed by atoms with Crippen LogP contribution in [0.25, 0.3) is 22.0 Å². The van der Waals surface area contributed by atoms with Gasteiger partial charge in [-0.3, -0.25) is 9.59 Å². The van der Waals surface area contributed by atoms with Crippen molar-refractivity contribution >= 4 is 48.3 Å². The lowest BCUT2D eigenvalue weighted by Crippen LogP contribution is -2.33. The number of benzene rings is 3. The molecule has 2 N–H and O–H groups in total. The van der Waals surface area contributed by atoms with Crippen molar-refractivity contribution in [2.75, 3.05) is 6.26 Å². The second kappa shape index (κ2) is 11.2. The zero-order chi connectivity index (χ0) is 30.2.